The van der Waals surface area contributed by atoms with Gasteiger partial charge in [0.05, 0.1) is 6.54 Å². The molecule has 3 N–H and O–H groups in total. The van der Waals surface area contributed by atoms with Crippen LogP contribution in [0.25, 0.3) is 0 Å². The molecule has 0 aliphatic rings. The van der Waals surface area contributed by atoms with Crippen LogP contribution in [-0.2, 0) is 4.79 Å². The highest BCUT2D eigenvalue weighted by molar-refractivity contribution is 9.10. The van der Waals surface area contributed by atoms with Crippen molar-refractivity contribution in [1.29, 1.82) is 0 Å². The van der Waals surface area contributed by atoms with Gasteiger partial charge in [-0.15, -0.1) is 0 Å². The molecule has 3 rings (SSSR count). The Balaban J connectivity index is 1.56. The first-order valence-corrected chi connectivity index (χ1v) is 9.15. The molecule has 3 aromatic carbocycles. The first-order chi connectivity index (χ1) is 13.1. The number of nitrogens with one attached hydrogen (secondary N) is 3. The molecule has 27 heavy (non-hydrogen) atoms. The van der Waals surface area contributed by atoms with E-state index in [1.54, 1.807) is 36.4 Å². The molecule has 5 nitrogen and oxygen atoms in total. The largest absolute Gasteiger partial charge is 0.376 e. The summed E-state index contributed by atoms with van der Waals surface area (Å²) >= 11 is 3.37. The monoisotopic (exact) mass is 423 g/mol. The number of rotatable bonds is 6. The minimum Gasteiger partial charge on any atom is -0.376 e. The molecule has 0 radical (unpaired) electrons. The van der Waals surface area contributed by atoms with Crippen molar-refractivity contribution in [2.75, 3.05) is 22.5 Å². The van der Waals surface area contributed by atoms with E-state index in [1.807, 2.05) is 42.5 Å². The summed E-state index contributed by atoms with van der Waals surface area (Å²) in [5.41, 5.74) is 2.66. The van der Waals surface area contributed by atoms with E-state index in [0.29, 0.717) is 16.9 Å². The van der Waals surface area contributed by atoms with E-state index in [0.717, 1.165) is 10.2 Å². The van der Waals surface area contributed by atoms with E-state index < -0.39 is 0 Å². The van der Waals surface area contributed by atoms with Gasteiger partial charge in [-0.3, -0.25) is 9.59 Å². The van der Waals surface area contributed by atoms with E-state index >= 15 is 0 Å². The lowest BCUT2D eigenvalue weighted by Gasteiger charge is -2.10. The lowest BCUT2D eigenvalue weighted by molar-refractivity contribution is -0.114. The van der Waals surface area contributed by atoms with E-state index in [2.05, 4.69) is 31.9 Å². The van der Waals surface area contributed by atoms with Gasteiger partial charge < -0.3 is 16.0 Å². The fourth-order valence-corrected chi connectivity index (χ4v) is 2.69. The van der Waals surface area contributed by atoms with Gasteiger partial charge in [-0.05, 0) is 54.6 Å². The van der Waals surface area contributed by atoms with E-state index in [1.165, 1.54) is 0 Å². The number of halogens is 1. The molecule has 0 aromatic heterocycles. The van der Waals surface area contributed by atoms with Crippen LogP contribution in [0.15, 0.2) is 83.3 Å². The molecule has 0 fully saturated rings. The SMILES string of the molecule is O=C(CNc1ccc(Br)cc1)Nc1cccc(NC(=O)c2ccccc2)c1. The van der Waals surface area contributed by atoms with Crippen molar-refractivity contribution < 1.29 is 9.59 Å². The van der Waals surface area contributed by atoms with Crippen molar-refractivity contribution in [3.05, 3.63) is 88.9 Å². The molecule has 0 unspecified atom stereocenters. The van der Waals surface area contributed by atoms with Gasteiger partial charge in [-0.25, -0.2) is 0 Å². The predicted octanol–water partition coefficient (Wildman–Crippen LogP) is 4.75. The number of benzene rings is 3. The maximum atomic E-state index is 12.2. The first kappa shape index (κ1) is 18.7. The third kappa shape index (κ3) is 5.69. The van der Waals surface area contributed by atoms with Crippen molar-refractivity contribution in [2.24, 2.45) is 0 Å². The molecule has 0 saturated carbocycles. The lowest BCUT2D eigenvalue weighted by Crippen LogP contribution is -2.21. The number of hydrogen-bond donors (Lipinski definition) is 3. The Kier molecular flexibility index (Phi) is 6.22. The van der Waals surface area contributed by atoms with Crippen molar-refractivity contribution in [3.63, 3.8) is 0 Å². The van der Waals surface area contributed by atoms with Gasteiger partial charge in [0.15, 0.2) is 0 Å². The number of anilines is 3. The Labute approximate surface area is 165 Å². The Morgan fingerprint density at radius 3 is 2.11 bits per heavy atom. The summed E-state index contributed by atoms with van der Waals surface area (Å²) in [7, 11) is 0. The number of carbonyl (C=O) groups excluding carboxylic acids is 2. The van der Waals surface area contributed by atoms with E-state index in [-0.39, 0.29) is 18.4 Å². The predicted molar refractivity (Wildman–Crippen MR) is 112 cm³/mol. The average molecular weight is 424 g/mol. The highest BCUT2D eigenvalue weighted by Gasteiger charge is 2.07. The van der Waals surface area contributed by atoms with Crippen molar-refractivity contribution in [1.82, 2.24) is 0 Å². The number of amides is 2. The topological polar surface area (TPSA) is 70.2 Å². The Hall–Kier alpha value is -3.12. The third-order valence-corrected chi connectivity index (χ3v) is 4.27. The molecular formula is C21H18BrN3O2. The summed E-state index contributed by atoms with van der Waals surface area (Å²) in [4.78, 5) is 24.4. The molecule has 0 heterocycles. The van der Waals surface area contributed by atoms with Crippen molar-refractivity contribution >= 4 is 44.8 Å². The summed E-state index contributed by atoms with van der Waals surface area (Å²) in [6.07, 6.45) is 0. The fraction of sp³-hybridized carbons (Fsp3) is 0.0476. The second-order valence-corrected chi connectivity index (χ2v) is 6.73. The maximum absolute atomic E-state index is 12.2. The summed E-state index contributed by atoms with van der Waals surface area (Å²) in [6.45, 7) is 0.141. The molecule has 0 aliphatic heterocycles. The normalized spacial score (nSPS) is 10.1. The Morgan fingerprint density at radius 1 is 0.741 bits per heavy atom. The van der Waals surface area contributed by atoms with E-state index in [4.69, 9.17) is 0 Å². The number of carbonyl (C=O) groups is 2. The minimum absolute atomic E-state index is 0.141. The van der Waals surface area contributed by atoms with Crippen LogP contribution < -0.4 is 16.0 Å². The Bertz CT molecular complexity index is 928. The highest BCUT2D eigenvalue weighted by Crippen LogP contribution is 2.17. The van der Waals surface area contributed by atoms with Gasteiger partial charge in [-0.1, -0.05) is 40.2 Å². The molecule has 3 aromatic rings. The van der Waals surface area contributed by atoms with Crippen molar-refractivity contribution in [2.45, 2.75) is 0 Å². The van der Waals surface area contributed by atoms with Crippen LogP contribution in [0.2, 0.25) is 0 Å². The molecular weight excluding hydrogens is 406 g/mol. The molecule has 136 valence electrons. The van der Waals surface area contributed by atoms with Gasteiger partial charge in [-0.2, -0.15) is 0 Å². The summed E-state index contributed by atoms with van der Waals surface area (Å²) in [5, 5.41) is 8.70. The highest BCUT2D eigenvalue weighted by atomic mass is 79.9. The molecule has 0 aliphatic carbocycles. The van der Waals surface area contributed by atoms with Crippen LogP contribution >= 0.6 is 15.9 Å². The molecule has 0 bridgehead atoms. The summed E-state index contributed by atoms with van der Waals surface area (Å²) in [6, 6.07) is 23.6. The number of hydrogen-bond acceptors (Lipinski definition) is 3. The second-order valence-electron chi connectivity index (χ2n) is 5.81. The minimum atomic E-state index is -0.198. The zero-order valence-electron chi connectivity index (χ0n) is 14.4. The first-order valence-electron chi connectivity index (χ1n) is 8.36. The van der Waals surface area contributed by atoms with Crippen LogP contribution in [0.4, 0.5) is 17.1 Å². The van der Waals surface area contributed by atoms with E-state index in [9.17, 15) is 9.59 Å². The van der Waals surface area contributed by atoms with Crippen LogP contribution in [0.5, 0.6) is 0 Å². The van der Waals surface area contributed by atoms with Gasteiger partial charge in [0.2, 0.25) is 5.91 Å². The van der Waals surface area contributed by atoms with Crippen LogP contribution in [0.1, 0.15) is 10.4 Å². The summed E-state index contributed by atoms with van der Waals surface area (Å²) < 4.78 is 0.979. The average Bonchev–Trinajstić information content (AvgIpc) is 2.68. The van der Waals surface area contributed by atoms with Gasteiger partial charge in [0.25, 0.3) is 5.91 Å². The smallest absolute Gasteiger partial charge is 0.255 e. The summed E-state index contributed by atoms with van der Waals surface area (Å²) in [5.74, 6) is -0.375. The molecule has 0 saturated heterocycles. The zero-order valence-corrected chi connectivity index (χ0v) is 16.0. The van der Waals surface area contributed by atoms with Crippen LogP contribution in [-0.4, -0.2) is 18.4 Å². The molecule has 0 atom stereocenters. The lowest BCUT2D eigenvalue weighted by atomic mass is 10.2. The Morgan fingerprint density at radius 2 is 1.41 bits per heavy atom. The molecule has 0 spiro atoms. The fourth-order valence-electron chi connectivity index (χ4n) is 2.42. The zero-order chi connectivity index (χ0) is 19.1. The maximum Gasteiger partial charge on any atom is 0.255 e. The quantitative estimate of drug-likeness (QED) is 0.535. The van der Waals surface area contributed by atoms with Crippen LogP contribution in [0.3, 0.4) is 0 Å². The van der Waals surface area contributed by atoms with Crippen LogP contribution in [0, 0.1) is 0 Å². The van der Waals surface area contributed by atoms with Gasteiger partial charge >= 0.3 is 0 Å². The second kappa shape index (κ2) is 9.00. The third-order valence-electron chi connectivity index (χ3n) is 3.74. The molecule has 6 heteroatoms. The van der Waals surface area contributed by atoms with Crippen molar-refractivity contribution in [3.8, 4) is 0 Å². The van der Waals surface area contributed by atoms with Gasteiger partial charge in [0, 0.05) is 27.1 Å². The molecule has 2 amide bonds. The standard InChI is InChI=1S/C21H18BrN3O2/c22-16-9-11-17(12-10-16)23-14-20(26)24-18-7-4-8-19(13-18)25-21(27)15-5-2-1-3-6-15/h1-13,23H,14H2,(H,24,26)(H,25,27). The van der Waals surface area contributed by atoms with Gasteiger partial charge in [0.1, 0.15) is 0 Å².